The molecule has 0 saturated carbocycles. The van der Waals surface area contributed by atoms with Crippen molar-refractivity contribution in [2.75, 3.05) is 6.54 Å². The molecular weight excluding hydrogens is 520 g/mol. The molecule has 13 heteroatoms. The van der Waals surface area contributed by atoms with E-state index in [0.717, 1.165) is 10.9 Å². The summed E-state index contributed by atoms with van der Waals surface area (Å²) in [7, 11) is 0. The summed E-state index contributed by atoms with van der Waals surface area (Å²) in [5.74, 6) is -4.18. The van der Waals surface area contributed by atoms with Crippen molar-refractivity contribution in [2.45, 2.75) is 43.8 Å². The van der Waals surface area contributed by atoms with E-state index in [1.807, 2.05) is 24.3 Å². The maximum atomic E-state index is 13.4. The van der Waals surface area contributed by atoms with Gasteiger partial charge in [-0.15, -0.1) is 0 Å². The number of nitrogens with two attached hydrogens (primary N) is 2. The fourth-order valence-electron chi connectivity index (χ4n) is 4.15. The van der Waals surface area contributed by atoms with Crippen LogP contribution in [0.4, 0.5) is 0 Å². The number of primary amides is 1. The molecule has 1 heterocycles. The number of benzene rings is 2. The number of nitrogens with one attached hydrogen (secondary N) is 4. The fourth-order valence-corrected chi connectivity index (χ4v) is 4.15. The summed E-state index contributed by atoms with van der Waals surface area (Å²) < 4.78 is 0. The molecule has 212 valence electrons. The Morgan fingerprint density at radius 3 is 2.10 bits per heavy atom. The number of phenolic OH excluding ortho intramolecular Hbond substituents is 1. The largest absolute Gasteiger partial charge is 0.508 e. The number of aromatic amines is 1. The maximum absolute atomic E-state index is 13.4. The molecule has 10 N–H and O–H groups in total. The van der Waals surface area contributed by atoms with Gasteiger partial charge in [0, 0.05) is 36.4 Å². The van der Waals surface area contributed by atoms with E-state index in [1.165, 1.54) is 12.1 Å². The van der Waals surface area contributed by atoms with Gasteiger partial charge in [0.1, 0.15) is 23.9 Å². The molecule has 0 bridgehead atoms. The topological polar surface area (TPSA) is 230 Å². The molecule has 40 heavy (non-hydrogen) atoms. The molecule has 2 aromatic carbocycles. The van der Waals surface area contributed by atoms with Crippen LogP contribution < -0.4 is 27.4 Å². The van der Waals surface area contributed by atoms with Crippen molar-refractivity contribution in [3.63, 3.8) is 0 Å². The van der Waals surface area contributed by atoms with Gasteiger partial charge in [0.25, 0.3) is 0 Å². The second-order valence-corrected chi connectivity index (χ2v) is 9.22. The molecule has 4 amide bonds. The minimum Gasteiger partial charge on any atom is -0.508 e. The van der Waals surface area contributed by atoms with Gasteiger partial charge in [-0.25, -0.2) is 4.79 Å². The molecule has 0 fully saturated rings. The Morgan fingerprint density at radius 1 is 0.850 bits per heavy atom. The van der Waals surface area contributed by atoms with E-state index < -0.39 is 47.7 Å². The highest BCUT2D eigenvalue weighted by atomic mass is 16.4. The maximum Gasteiger partial charge on any atom is 0.326 e. The first kappa shape index (κ1) is 29.6. The number of carboxylic acid groups (broad SMARTS) is 1. The molecule has 3 rings (SSSR count). The number of carbonyl (C=O) groups excluding carboxylic acids is 4. The van der Waals surface area contributed by atoms with Crippen LogP contribution in [0.25, 0.3) is 10.9 Å². The Bertz CT molecular complexity index is 1370. The smallest absolute Gasteiger partial charge is 0.326 e. The molecule has 3 unspecified atom stereocenters. The monoisotopic (exact) mass is 552 g/mol. The normalized spacial score (nSPS) is 13.1. The van der Waals surface area contributed by atoms with Crippen molar-refractivity contribution in [1.82, 2.24) is 20.9 Å². The van der Waals surface area contributed by atoms with Crippen LogP contribution >= 0.6 is 0 Å². The van der Waals surface area contributed by atoms with Gasteiger partial charge in [-0.1, -0.05) is 30.3 Å². The SMILES string of the molecule is NCC(=O)NC(Cc1ccc(O)cc1)C(=O)NC(Cc1c[nH]c2ccccc12)C(=O)NC(CCC(N)=O)C(=O)O. The number of aromatic hydroxyl groups is 1. The zero-order valence-electron chi connectivity index (χ0n) is 21.6. The Kier molecular flexibility index (Phi) is 10.2. The summed E-state index contributed by atoms with van der Waals surface area (Å²) in [5, 5.41) is 27.5. The number of carboxylic acids is 1. The molecule has 0 radical (unpaired) electrons. The van der Waals surface area contributed by atoms with Gasteiger partial charge in [-0.3, -0.25) is 19.2 Å². The van der Waals surface area contributed by atoms with Crippen LogP contribution in [-0.4, -0.2) is 69.5 Å². The lowest BCUT2D eigenvalue weighted by atomic mass is 10.0. The summed E-state index contributed by atoms with van der Waals surface area (Å²) in [5.41, 5.74) is 12.7. The molecular formula is C27H32N6O7. The summed E-state index contributed by atoms with van der Waals surface area (Å²) in [6.45, 7) is -0.376. The number of H-pyrrole nitrogens is 1. The van der Waals surface area contributed by atoms with Gasteiger partial charge < -0.3 is 42.6 Å². The van der Waals surface area contributed by atoms with E-state index >= 15 is 0 Å². The van der Waals surface area contributed by atoms with Crippen molar-refractivity contribution in [2.24, 2.45) is 11.5 Å². The number of aromatic nitrogens is 1. The quantitative estimate of drug-likeness (QED) is 0.129. The second-order valence-electron chi connectivity index (χ2n) is 9.22. The lowest BCUT2D eigenvalue weighted by Gasteiger charge is -2.24. The molecule has 0 saturated heterocycles. The molecule has 3 aromatic rings. The first-order chi connectivity index (χ1) is 19.1. The molecule has 0 aliphatic heterocycles. The highest BCUT2D eigenvalue weighted by molar-refractivity contribution is 5.94. The van der Waals surface area contributed by atoms with Crippen molar-refractivity contribution in [3.8, 4) is 5.75 Å². The standard InChI is InChI=1S/C27H32N6O7/c28-13-24(36)31-21(11-15-5-7-17(34)8-6-15)25(37)33-22(12-16-14-30-19-4-2-1-3-18(16)19)26(38)32-20(27(39)40)9-10-23(29)35/h1-8,14,20-22,30,34H,9-13,28H2,(H2,29,35)(H,31,36)(H,32,38)(H,33,37)(H,39,40). The van der Waals surface area contributed by atoms with Crippen LogP contribution in [-0.2, 0) is 36.8 Å². The Morgan fingerprint density at radius 2 is 1.48 bits per heavy atom. The van der Waals surface area contributed by atoms with E-state index in [1.54, 1.807) is 18.3 Å². The van der Waals surface area contributed by atoms with Gasteiger partial charge >= 0.3 is 5.97 Å². The van der Waals surface area contributed by atoms with Gasteiger partial charge in [-0.2, -0.15) is 0 Å². The predicted octanol–water partition coefficient (Wildman–Crippen LogP) is -0.578. The molecule has 0 aliphatic rings. The van der Waals surface area contributed by atoms with Crippen LogP contribution in [0.15, 0.2) is 54.7 Å². The fraction of sp³-hybridized carbons (Fsp3) is 0.296. The molecule has 3 atom stereocenters. The first-order valence-electron chi connectivity index (χ1n) is 12.5. The highest BCUT2D eigenvalue weighted by Crippen LogP contribution is 2.19. The number of phenols is 1. The Labute approximate surface area is 229 Å². The van der Waals surface area contributed by atoms with E-state index in [4.69, 9.17) is 11.5 Å². The number of para-hydroxylation sites is 1. The number of amides is 4. The number of fused-ring (bicyclic) bond motifs is 1. The number of hydrogen-bond donors (Lipinski definition) is 8. The third-order valence-corrected chi connectivity index (χ3v) is 6.24. The number of carbonyl (C=O) groups is 5. The zero-order chi connectivity index (χ0) is 29.2. The molecule has 1 aromatic heterocycles. The average molecular weight is 553 g/mol. The number of hydrogen-bond acceptors (Lipinski definition) is 7. The number of aliphatic carboxylic acids is 1. The molecule has 13 nitrogen and oxygen atoms in total. The number of rotatable bonds is 14. The van der Waals surface area contributed by atoms with Crippen molar-refractivity contribution >= 4 is 40.5 Å². The Balaban J connectivity index is 1.88. The highest BCUT2D eigenvalue weighted by Gasteiger charge is 2.30. The molecule has 0 spiro atoms. The van der Waals surface area contributed by atoms with Gasteiger partial charge in [-0.05, 0) is 35.7 Å². The van der Waals surface area contributed by atoms with Crippen LogP contribution in [0.5, 0.6) is 5.75 Å². The third-order valence-electron chi connectivity index (χ3n) is 6.24. The van der Waals surface area contributed by atoms with E-state index in [9.17, 15) is 34.2 Å². The summed E-state index contributed by atoms with van der Waals surface area (Å²) in [6, 6.07) is 9.53. The summed E-state index contributed by atoms with van der Waals surface area (Å²) >= 11 is 0. The van der Waals surface area contributed by atoms with Crippen LogP contribution in [0.1, 0.15) is 24.0 Å². The van der Waals surface area contributed by atoms with Crippen molar-refractivity contribution in [3.05, 3.63) is 65.9 Å². The second kappa shape index (κ2) is 13.8. The van der Waals surface area contributed by atoms with E-state index in [2.05, 4.69) is 20.9 Å². The first-order valence-corrected chi connectivity index (χ1v) is 12.5. The average Bonchev–Trinajstić information content (AvgIpc) is 3.33. The minimum absolute atomic E-state index is 0.0134. The van der Waals surface area contributed by atoms with E-state index in [0.29, 0.717) is 11.1 Å². The van der Waals surface area contributed by atoms with Gasteiger partial charge in [0.2, 0.25) is 23.6 Å². The summed E-state index contributed by atoms with van der Waals surface area (Å²) in [4.78, 5) is 64.9. The van der Waals surface area contributed by atoms with Crippen LogP contribution in [0, 0.1) is 0 Å². The van der Waals surface area contributed by atoms with Gasteiger partial charge in [0.05, 0.1) is 6.54 Å². The lowest BCUT2D eigenvalue weighted by Crippen LogP contribution is -2.57. The lowest BCUT2D eigenvalue weighted by molar-refractivity contribution is -0.142. The molecule has 0 aliphatic carbocycles. The van der Waals surface area contributed by atoms with Gasteiger partial charge in [0.15, 0.2) is 0 Å². The summed E-state index contributed by atoms with van der Waals surface area (Å²) in [6.07, 6.45) is 1.19. The predicted molar refractivity (Wildman–Crippen MR) is 145 cm³/mol. The van der Waals surface area contributed by atoms with Crippen molar-refractivity contribution in [1.29, 1.82) is 0 Å². The van der Waals surface area contributed by atoms with Crippen LogP contribution in [0.2, 0.25) is 0 Å². The van der Waals surface area contributed by atoms with E-state index in [-0.39, 0.29) is 38.0 Å². The zero-order valence-corrected chi connectivity index (χ0v) is 21.6. The van der Waals surface area contributed by atoms with Crippen LogP contribution in [0.3, 0.4) is 0 Å². The third kappa shape index (κ3) is 8.30. The Hall–Kier alpha value is -4.91. The van der Waals surface area contributed by atoms with Crippen molar-refractivity contribution < 1.29 is 34.2 Å². The minimum atomic E-state index is -1.42.